The summed E-state index contributed by atoms with van der Waals surface area (Å²) < 4.78 is 0.960. The Morgan fingerprint density at radius 2 is 2.17 bits per heavy atom. The summed E-state index contributed by atoms with van der Waals surface area (Å²) in [6.07, 6.45) is 3.04. The number of hydrogen-bond donors (Lipinski definition) is 1. The van der Waals surface area contributed by atoms with Gasteiger partial charge in [0, 0.05) is 23.0 Å². The highest BCUT2D eigenvalue weighted by atomic mass is 79.9. The maximum atomic E-state index is 5.67. The van der Waals surface area contributed by atoms with Gasteiger partial charge in [0.1, 0.15) is 0 Å². The molecule has 1 saturated carbocycles. The zero-order valence-corrected chi connectivity index (χ0v) is 11.9. The van der Waals surface area contributed by atoms with Crippen molar-refractivity contribution in [3.63, 3.8) is 0 Å². The lowest BCUT2D eigenvalue weighted by atomic mass is 10.4. The van der Waals surface area contributed by atoms with Crippen LogP contribution in [0.2, 0.25) is 0 Å². The van der Waals surface area contributed by atoms with E-state index in [4.69, 9.17) is 5.73 Å². The molecule has 0 bridgehead atoms. The van der Waals surface area contributed by atoms with Gasteiger partial charge in [-0.3, -0.25) is 0 Å². The molecular formula is C6H9Br3N2S. The molecule has 0 radical (unpaired) electrons. The number of aromatic nitrogens is 1. The lowest BCUT2D eigenvalue weighted by Crippen LogP contribution is -1.99. The Hall–Kier alpha value is 1.03. The molecule has 1 aliphatic rings. The summed E-state index contributed by atoms with van der Waals surface area (Å²) >= 11 is 5.00. The second-order valence-corrected chi connectivity index (χ2v) is 4.86. The molecule has 2 atom stereocenters. The molecule has 2 N–H and O–H groups in total. The zero-order chi connectivity index (χ0) is 7.14. The number of thiazole rings is 1. The van der Waals surface area contributed by atoms with Crippen molar-refractivity contribution in [1.82, 2.24) is 4.98 Å². The fourth-order valence-electron chi connectivity index (χ4n) is 0.978. The second-order valence-electron chi connectivity index (χ2n) is 2.52. The maximum Gasteiger partial charge on any atom is 0.159 e. The van der Waals surface area contributed by atoms with Gasteiger partial charge in [0.15, 0.2) is 3.92 Å². The first kappa shape index (κ1) is 13.0. The third-order valence-corrected chi connectivity index (χ3v) is 3.31. The Balaban J connectivity index is 0.000000605. The van der Waals surface area contributed by atoms with Crippen LogP contribution in [0.5, 0.6) is 0 Å². The average molecular weight is 381 g/mol. The highest BCUT2D eigenvalue weighted by Gasteiger charge is 2.36. The Morgan fingerprint density at radius 3 is 2.50 bits per heavy atom. The largest absolute Gasteiger partial charge is 0.327 e. The molecule has 0 saturated heterocycles. The van der Waals surface area contributed by atoms with Gasteiger partial charge in [-0.15, -0.1) is 45.3 Å². The van der Waals surface area contributed by atoms with E-state index in [9.17, 15) is 0 Å². The SMILES string of the molecule is Br.Br.N[C@H]1C[C@@H]1c1cnc(Br)s1. The van der Waals surface area contributed by atoms with Crippen LogP contribution in [-0.4, -0.2) is 11.0 Å². The standard InChI is InChI=1S/C6H7BrN2S.2BrH/c7-6-9-2-5(10-6)3-1-4(3)8;;/h2-4H,1,8H2;2*1H/t3-,4-;;/m0../s1. The van der Waals surface area contributed by atoms with E-state index in [-0.39, 0.29) is 34.0 Å². The summed E-state index contributed by atoms with van der Waals surface area (Å²) in [5, 5.41) is 0. The van der Waals surface area contributed by atoms with Crippen molar-refractivity contribution in [2.24, 2.45) is 5.73 Å². The third kappa shape index (κ3) is 2.77. The van der Waals surface area contributed by atoms with Crippen molar-refractivity contribution in [3.05, 3.63) is 15.0 Å². The van der Waals surface area contributed by atoms with E-state index < -0.39 is 0 Å². The van der Waals surface area contributed by atoms with Crippen LogP contribution in [0.25, 0.3) is 0 Å². The van der Waals surface area contributed by atoms with Gasteiger partial charge in [-0.25, -0.2) is 4.98 Å². The minimum Gasteiger partial charge on any atom is -0.327 e. The molecule has 1 aromatic rings. The zero-order valence-electron chi connectivity index (χ0n) is 6.07. The van der Waals surface area contributed by atoms with Gasteiger partial charge < -0.3 is 5.73 Å². The molecule has 1 heterocycles. The van der Waals surface area contributed by atoms with E-state index in [0.29, 0.717) is 12.0 Å². The van der Waals surface area contributed by atoms with Gasteiger partial charge in [-0.05, 0) is 22.4 Å². The van der Waals surface area contributed by atoms with Crippen LogP contribution in [0.3, 0.4) is 0 Å². The van der Waals surface area contributed by atoms with E-state index in [1.54, 1.807) is 11.3 Å². The van der Waals surface area contributed by atoms with Gasteiger partial charge in [-0.2, -0.15) is 0 Å². The molecule has 70 valence electrons. The summed E-state index contributed by atoms with van der Waals surface area (Å²) in [5.41, 5.74) is 5.67. The quantitative estimate of drug-likeness (QED) is 0.813. The highest BCUT2D eigenvalue weighted by molar-refractivity contribution is 9.11. The van der Waals surface area contributed by atoms with Crippen LogP contribution in [0.1, 0.15) is 17.2 Å². The van der Waals surface area contributed by atoms with Gasteiger partial charge in [-0.1, -0.05) is 0 Å². The molecule has 1 aliphatic carbocycles. The summed E-state index contributed by atoms with van der Waals surface area (Å²) in [6.45, 7) is 0. The van der Waals surface area contributed by atoms with Gasteiger partial charge >= 0.3 is 0 Å². The van der Waals surface area contributed by atoms with E-state index in [1.807, 2.05) is 6.20 Å². The molecule has 1 aromatic heterocycles. The molecule has 0 unspecified atom stereocenters. The van der Waals surface area contributed by atoms with Crippen LogP contribution >= 0.6 is 61.2 Å². The van der Waals surface area contributed by atoms with Crippen LogP contribution in [0.4, 0.5) is 0 Å². The Labute approximate surface area is 105 Å². The van der Waals surface area contributed by atoms with Crippen LogP contribution in [0.15, 0.2) is 10.1 Å². The predicted molar refractivity (Wildman–Crippen MR) is 65.8 cm³/mol. The smallest absolute Gasteiger partial charge is 0.159 e. The lowest BCUT2D eigenvalue weighted by Gasteiger charge is -1.85. The molecule has 0 spiro atoms. The topological polar surface area (TPSA) is 38.9 Å². The van der Waals surface area contributed by atoms with E-state index in [0.717, 1.165) is 10.3 Å². The molecule has 1 fully saturated rings. The summed E-state index contributed by atoms with van der Waals surface area (Å²) in [7, 11) is 0. The average Bonchev–Trinajstić information content (AvgIpc) is 2.42. The van der Waals surface area contributed by atoms with Crippen molar-refractivity contribution in [3.8, 4) is 0 Å². The van der Waals surface area contributed by atoms with Crippen molar-refractivity contribution in [1.29, 1.82) is 0 Å². The van der Waals surface area contributed by atoms with Crippen molar-refractivity contribution >= 4 is 61.2 Å². The first-order chi connectivity index (χ1) is 4.77. The fourth-order valence-corrected chi connectivity index (χ4v) is 2.47. The van der Waals surface area contributed by atoms with Crippen LogP contribution < -0.4 is 5.73 Å². The molecule has 6 heteroatoms. The Bertz CT molecular complexity index is 253. The van der Waals surface area contributed by atoms with Crippen molar-refractivity contribution < 1.29 is 0 Å². The number of nitrogens with zero attached hydrogens (tertiary/aromatic N) is 1. The lowest BCUT2D eigenvalue weighted by molar-refractivity contribution is 1.00. The normalized spacial score (nSPS) is 25.5. The Morgan fingerprint density at radius 1 is 1.58 bits per heavy atom. The maximum absolute atomic E-state index is 5.67. The monoisotopic (exact) mass is 378 g/mol. The highest BCUT2D eigenvalue weighted by Crippen LogP contribution is 2.42. The van der Waals surface area contributed by atoms with Crippen LogP contribution in [0, 0.1) is 0 Å². The first-order valence-electron chi connectivity index (χ1n) is 3.14. The first-order valence-corrected chi connectivity index (χ1v) is 4.75. The van der Waals surface area contributed by atoms with Gasteiger partial charge in [0.2, 0.25) is 0 Å². The minimum atomic E-state index is 0. The summed E-state index contributed by atoms with van der Waals surface area (Å²) in [5.74, 6) is 0.601. The van der Waals surface area contributed by atoms with Crippen LogP contribution in [-0.2, 0) is 0 Å². The van der Waals surface area contributed by atoms with Gasteiger partial charge in [0.05, 0.1) is 0 Å². The molecule has 2 nitrogen and oxygen atoms in total. The van der Waals surface area contributed by atoms with Crippen molar-refractivity contribution in [2.75, 3.05) is 0 Å². The molecular weight excluding hydrogens is 372 g/mol. The minimum absolute atomic E-state index is 0. The van der Waals surface area contributed by atoms with Crippen molar-refractivity contribution in [2.45, 2.75) is 18.4 Å². The number of nitrogens with two attached hydrogens (primary N) is 1. The third-order valence-electron chi connectivity index (χ3n) is 1.70. The second kappa shape index (κ2) is 5.05. The van der Waals surface area contributed by atoms with Gasteiger partial charge in [0.25, 0.3) is 0 Å². The van der Waals surface area contributed by atoms with E-state index in [2.05, 4.69) is 20.9 Å². The predicted octanol–water partition coefficient (Wildman–Crippen LogP) is 2.88. The Kier molecular flexibility index (Phi) is 5.48. The van der Waals surface area contributed by atoms with E-state index >= 15 is 0 Å². The summed E-state index contributed by atoms with van der Waals surface area (Å²) in [6, 6.07) is 0.396. The molecule has 0 amide bonds. The molecule has 0 aromatic carbocycles. The number of halogens is 3. The molecule has 12 heavy (non-hydrogen) atoms. The number of hydrogen-bond acceptors (Lipinski definition) is 3. The molecule has 2 rings (SSSR count). The van der Waals surface area contributed by atoms with E-state index in [1.165, 1.54) is 4.88 Å². The number of rotatable bonds is 1. The fraction of sp³-hybridized carbons (Fsp3) is 0.500. The summed E-state index contributed by atoms with van der Waals surface area (Å²) in [4.78, 5) is 5.41. The molecule has 0 aliphatic heterocycles.